The van der Waals surface area contributed by atoms with Crippen LogP contribution in [0, 0.1) is 0 Å². The SMILES string of the molecule is COCCN1C(=O)C(=O)C(=C(O)c2ccccc2)[C@H]1c1ccc(Cl)cc1Cl. The molecule has 1 amide bonds. The van der Waals surface area contributed by atoms with Gasteiger partial charge in [-0.25, -0.2) is 0 Å². The van der Waals surface area contributed by atoms with Gasteiger partial charge in [0, 0.05) is 29.3 Å². The molecule has 27 heavy (non-hydrogen) atoms. The fraction of sp³-hybridized carbons (Fsp3) is 0.200. The van der Waals surface area contributed by atoms with Crippen molar-refractivity contribution < 1.29 is 19.4 Å². The van der Waals surface area contributed by atoms with Crippen molar-refractivity contribution in [2.24, 2.45) is 0 Å². The Hall–Kier alpha value is -2.34. The molecule has 1 N–H and O–H groups in total. The first kappa shape index (κ1) is 19.4. The number of hydrogen-bond donors (Lipinski definition) is 1. The maximum atomic E-state index is 12.7. The molecule has 1 aliphatic heterocycles. The molecule has 0 saturated carbocycles. The summed E-state index contributed by atoms with van der Waals surface area (Å²) >= 11 is 12.3. The van der Waals surface area contributed by atoms with E-state index in [2.05, 4.69) is 0 Å². The molecule has 1 fully saturated rings. The van der Waals surface area contributed by atoms with E-state index in [1.807, 2.05) is 0 Å². The summed E-state index contributed by atoms with van der Waals surface area (Å²) in [6.45, 7) is 0.413. The molecule has 0 aliphatic carbocycles. The van der Waals surface area contributed by atoms with Gasteiger partial charge in [-0.05, 0) is 17.7 Å². The predicted molar refractivity (Wildman–Crippen MR) is 104 cm³/mol. The Morgan fingerprint density at radius 3 is 2.48 bits per heavy atom. The highest BCUT2D eigenvalue weighted by molar-refractivity contribution is 6.47. The molecule has 0 radical (unpaired) electrons. The van der Waals surface area contributed by atoms with Crippen molar-refractivity contribution in [1.82, 2.24) is 4.90 Å². The third kappa shape index (κ3) is 3.72. The number of carbonyl (C=O) groups excluding carboxylic acids is 2. The number of methoxy groups -OCH3 is 1. The Kier molecular flexibility index (Phi) is 5.85. The Bertz CT molecular complexity index is 911. The highest BCUT2D eigenvalue weighted by atomic mass is 35.5. The van der Waals surface area contributed by atoms with Crippen LogP contribution in [-0.4, -0.2) is 42.0 Å². The van der Waals surface area contributed by atoms with Gasteiger partial charge < -0.3 is 14.7 Å². The molecule has 5 nitrogen and oxygen atoms in total. The molecule has 1 atom stereocenters. The second-order valence-electron chi connectivity index (χ2n) is 6.02. The summed E-state index contributed by atoms with van der Waals surface area (Å²) in [5.41, 5.74) is 0.942. The summed E-state index contributed by atoms with van der Waals surface area (Å²) < 4.78 is 5.06. The van der Waals surface area contributed by atoms with Crippen molar-refractivity contribution in [3.05, 3.63) is 75.3 Å². The van der Waals surface area contributed by atoms with Gasteiger partial charge in [0.25, 0.3) is 11.7 Å². The zero-order valence-corrected chi connectivity index (χ0v) is 16.0. The van der Waals surface area contributed by atoms with E-state index in [4.69, 9.17) is 27.9 Å². The Morgan fingerprint density at radius 2 is 1.85 bits per heavy atom. The second kappa shape index (κ2) is 8.13. The van der Waals surface area contributed by atoms with Crippen LogP contribution in [0.15, 0.2) is 54.1 Å². The third-order valence-corrected chi connectivity index (χ3v) is 4.94. The van der Waals surface area contributed by atoms with E-state index >= 15 is 0 Å². The number of likely N-dealkylation sites (tertiary alicyclic amines) is 1. The van der Waals surface area contributed by atoms with Gasteiger partial charge >= 0.3 is 0 Å². The van der Waals surface area contributed by atoms with Gasteiger partial charge in [-0.3, -0.25) is 9.59 Å². The summed E-state index contributed by atoms with van der Waals surface area (Å²) in [4.78, 5) is 26.7. The van der Waals surface area contributed by atoms with Crippen LogP contribution in [0.1, 0.15) is 17.2 Å². The quantitative estimate of drug-likeness (QED) is 0.462. The number of ether oxygens (including phenoxy) is 1. The molecule has 0 aromatic heterocycles. The summed E-state index contributed by atoms with van der Waals surface area (Å²) in [6.07, 6.45) is 0. The van der Waals surface area contributed by atoms with Gasteiger partial charge in [0.1, 0.15) is 5.76 Å². The zero-order valence-electron chi connectivity index (χ0n) is 14.5. The zero-order chi connectivity index (χ0) is 19.6. The van der Waals surface area contributed by atoms with Crippen LogP contribution >= 0.6 is 23.2 Å². The molecular formula is C20H17Cl2NO4. The fourth-order valence-corrected chi connectivity index (χ4v) is 3.61. The highest BCUT2D eigenvalue weighted by Gasteiger charge is 2.46. The van der Waals surface area contributed by atoms with E-state index in [1.54, 1.807) is 42.5 Å². The number of aliphatic hydroxyl groups excluding tert-OH is 1. The van der Waals surface area contributed by atoms with Crippen LogP contribution in [0.5, 0.6) is 0 Å². The molecule has 2 aromatic rings. The van der Waals surface area contributed by atoms with E-state index < -0.39 is 17.7 Å². The van der Waals surface area contributed by atoms with Crippen LogP contribution < -0.4 is 0 Å². The molecule has 1 saturated heterocycles. The second-order valence-corrected chi connectivity index (χ2v) is 6.86. The molecule has 0 spiro atoms. The van der Waals surface area contributed by atoms with Crippen LogP contribution in [0.4, 0.5) is 0 Å². The van der Waals surface area contributed by atoms with Gasteiger partial charge in [-0.1, -0.05) is 59.6 Å². The highest BCUT2D eigenvalue weighted by Crippen LogP contribution is 2.42. The van der Waals surface area contributed by atoms with E-state index in [0.29, 0.717) is 21.2 Å². The van der Waals surface area contributed by atoms with Gasteiger partial charge in [-0.2, -0.15) is 0 Å². The molecule has 140 valence electrons. The first-order valence-electron chi connectivity index (χ1n) is 8.23. The lowest BCUT2D eigenvalue weighted by atomic mass is 9.95. The Labute approximate surface area is 166 Å². The maximum absolute atomic E-state index is 12.7. The minimum Gasteiger partial charge on any atom is -0.507 e. The van der Waals surface area contributed by atoms with Crippen LogP contribution in [0.3, 0.4) is 0 Å². The summed E-state index contributed by atoms with van der Waals surface area (Å²) in [6, 6.07) is 12.6. The molecule has 3 rings (SSSR count). The van der Waals surface area contributed by atoms with E-state index in [1.165, 1.54) is 18.1 Å². The predicted octanol–water partition coefficient (Wildman–Crippen LogP) is 4.06. The van der Waals surface area contributed by atoms with Crippen molar-refractivity contribution in [3.63, 3.8) is 0 Å². The van der Waals surface area contributed by atoms with Crippen molar-refractivity contribution in [2.45, 2.75) is 6.04 Å². The largest absolute Gasteiger partial charge is 0.507 e. The van der Waals surface area contributed by atoms with Crippen molar-refractivity contribution in [1.29, 1.82) is 0 Å². The van der Waals surface area contributed by atoms with Gasteiger partial charge in [0.15, 0.2) is 0 Å². The first-order valence-corrected chi connectivity index (χ1v) is 8.99. The van der Waals surface area contributed by atoms with E-state index in [-0.39, 0.29) is 24.5 Å². The Morgan fingerprint density at radius 1 is 1.15 bits per heavy atom. The maximum Gasteiger partial charge on any atom is 0.295 e. The van der Waals surface area contributed by atoms with Gasteiger partial charge in [0.2, 0.25) is 0 Å². The molecule has 1 heterocycles. The van der Waals surface area contributed by atoms with Crippen molar-refractivity contribution in [2.75, 3.05) is 20.3 Å². The summed E-state index contributed by atoms with van der Waals surface area (Å²) in [5, 5.41) is 11.5. The molecule has 0 unspecified atom stereocenters. The lowest BCUT2D eigenvalue weighted by Gasteiger charge is -2.25. The molecule has 7 heteroatoms. The Balaban J connectivity index is 2.20. The molecule has 2 aromatic carbocycles. The number of benzene rings is 2. The van der Waals surface area contributed by atoms with Crippen LogP contribution in [0.2, 0.25) is 10.0 Å². The number of ketones is 1. The molecule has 0 bridgehead atoms. The van der Waals surface area contributed by atoms with Gasteiger partial charge in [-0.15, -0.1) is 0 Å². The number of rotatable bonds is 5. The third-order valence-electron chi connectivity index (χ3n) is 4.38. The van der Waals surface area contributed by atoms with Crippen LogP contribution in [-0.2, 0) is 14.3 Å². The summed E-state index contributed by atoms with van der Waals surface area (Å²) in [5.74, 6) is -1.71. The number of aliphatic hydroxyl groups is 1. The topological polar surface area (TPSA) is 66.8 Å². The van der Waals surface area contributed by atoms with Crippen LogP contribution in [0.25, 0.3) is 5.76 Å². The number of nitrogens with zero attached hydrogens (tertiary/aromatic N) is 1. The van der Waals surface area contributed by atoms with Crippen molar-refractivity contribution in [3.8, 4) is 0 Å². The number of carbonyl (C=O) groups is 2. The fourth-order valence-electron chi connectivity index (χ4n) is 3.10. The first-order chi connectivity index (χ1) is 13.0. The molecular weight excluding hydrogens is 389 g/mol. The lowest BCUT2D eigenvalue weighted by molar-refractivity contribution is -0.140. The van der Waals surface area contributed by atoms with Crippen molar-refractivity contribution >= 4 is 40.7 Å². The standard InChI is InChI=1S/C20H17Cl2NO4/c1-27-10-9-23-17(14-8-7-13(21)11-15(14)22)16(19(25)20(23)26)18(24)12-5-3-2-4-6-12/h2-8,11,17,24H,9-10H2,1H3/t17-/m1/s1. The molecule has 1 aliphatic rings. The van der Waals surface area contributed by atoms with E-state index in [0.717, 1.165) is 0 Å². The number of hydrogen-bond acceptors (Lipinski definition) is 4. The smallest absolute Gasteiger partial charge is 0.295 e. The minimum atomic E-state index is -0.829. The normalized spacial score (nSPS) is 18.9. The average molecular weight is 406 g/mol. The number of Topliss-reactive ketones (excluding diaryl/α,β-unsaturated/α-hetero) is 1. The number of halogens is 2. The minimum absolute atomic E-state index is 0.00785. The number of amides is 1. The van der Waals surface area contributed by atoms with E-state index in [9.17, 15) is 14.7 Å². The monoisotopic (exact) mass is 405 g/mol. The average Bonchev–Trinajstić information content (AvgIpc) is 2.91. The van der Waals surface area contributed by atoms with Gasteiger partial charge in [0.05, 0.1) is 18.2 Å². The lowest BCUT2D eigenvalue weighted by Crippen LogP contribution is -2.32. The summed E-state index contributed by atoms with van der Waals surface area (Å²) in [7, 11) is 1.50.